The second-order valence-electron chi connectivity index (χ2n) is 8.34. The van der Waals surface area contributed by atoms with Gasteiger partial charge < -0.3 is 4.74 Å². The molecule has 4 heteroatoms. The van der Waals surface area contributed by atoms with Crippen LogP contribution in [0.2, 0.25) is 0 Å². The van der Waals surface area contributed by atoms with E-state index in [1.807, 2.05) is 25.1 Å². The lowest BCUT2D eigenvalue weighted by atomic mass is 9.83. The summed E-state index contributed by atoms with van der Waals surface area (Å²) in [5, 5.41) is 0. The van der Waals surface area contributed by atoms with Crippen molar-refractivity contribution in [1.82, 2.24) is 0 Å². The first-order chi connectivity index (χ1) is 15.1. The van der Waals surface area contributed by atoms with Crippen molar-refractivity contribution < 1.29 is 14.3 Å². The quantitative estimate of drug-likeness (QED) is 0.536. The molecule has 0 spiro atoms. The fraction of sp³-hybridized carbons (Fsp3) is 0.259. The molecule has 3 aromatic carbocycles. The lowest BCUT2D eigenvalue weighted by Gasteiger charge is -2.21. The molecule has 1 fully saturated rings. The van der Waals surface area contributed by atoms with Crippen molar-refractivity contribution in [2.45, 2.75) is 32.1 Å². The number of fused-ring (bicyclic) bond motifs is 2. The standard InChI is InChI=1S/C27H25NO3/c1-18-10-13-21(28-14-15-31-27(28)30)16-24(18)26(29)17-25-22-8-4-2-6-19(22)11-12-20-7-3-5-9-23(20)25/h2-10,13,16,25H,11-12,14-15,17H2,1H3. The molecule has 2 aliphatic rings. The number of carbonyl (C=O) groups excluding carboxylic acids is 2. The molecule has 1 amide bonds. The molecular weight excluding hydrogens is 386 g/mol. The zero-order valence-electron chi connectivity index (χ0n) is 17.6. The van der Waals surface area contributed by atoms with Gasteiger partial charge in [-0.2, -0.15) is 0 Å². The van der Waals surface area contributed by atoms with Crippen molar-refractivity contribution in [3.8, 4) is 0 Å². The first-order valence-corrected chi connectivity index (χ1v) is 10.9. The minimum atomic E-state index is -0.353. The van der Waals surface area contributed by atoms with Gasteiger partial charge in [0.05, 0.1) is 6.54 Å². The number of aryl methyl sites for hydroxylation is 3. The first-order valence-electron chi connectivity index (χ1n) is 10.9. The highest BCUT2D eigenvalue weighted by atomic mass is 16.6. The van der Waals surface area contributed by atoms with Crippen LogP contribution in [0.15, 0.2) is 66.7 Å². The van der Waals surface area contributed by atoms with E-state index in [2.05, 4.69) is 48.5 Å². The van der Waals surface area contributed by atoms with E-state index in [-0.39, 0.29) is 17.8 Å². The van der Waals surface area contributed by atoms with Gasteiger partial charge in [-0.3, -0.25) is 9.69 Å². The Labute approximate surface area is 182 Å². The van der Waals surface area contributed by atoms with Gasteiger partial charge in [0.25, 0.3) is 0 Å². The second kappa shape index (κ2) is 8.03. The van der Waals surface area contributed by atoms with Crippen molar-refractivity contribution >= 4 is 17.6 Å². The van der Waals surface area contributed by atoms with Crippen LogP contribution in [0.5, 0.6) is 0 Å². The van der Waals surface area contributed by atoms with Crippen LogP contribution in [-0.4, -0.2) is 25.0 Å². The van der Waals surface area contributed by atoms with Gasteiger partial charge in [-0.15, -0.1) is 0 Å². The molecule has 31 heavy (non-hydrogen) atoms. The Kier molecular flexibility index (Phi) is 5.06. The fourth-order valence-electron chi connectivity index (χ4n) is 4.86. The molecule has 3 aromatic rings. The van der Waals surface area contributed by atoms with Crippen LogP contribution in [0.25, 0.3) is 0 Å². The number of benzene rings is 3. The number of amides is 1. The molecule has 5 rings (SSSR count). The summed E-state index contributed by atoms with van der Waals surface area (Å²) in [6.07, 6.45) is 2.03. The minimum Gasteiger partial charge on any atom is -0.447 e. The largest absolute Gasteiger partial charge is 0.447 e. The smallest absolute Gasteiger partial charge is 0.414 e. The highest BCUT2D eigenvalue weighted by molar-refractivity contribution is 6.00. The van der Waals surface area contributed by atoms with Gasteiger partial charge in [-0.25, -0.2) is 4.79 Å². The van der Waals surface area contributed by atoms with Crippen LogP contribution < -0.4 is 4.90 Å². The number of rotatable bonds is 4. The summed E-state index contributed by atoms with van der Waals surface area (Å²) in [4.78, 5) is 27.2. The van der Waals surface area contributed by atoms with Gasteiger partial charge in [0, 0.05) is 23.6 Å². The van der Waals surface area contributed by atoms with Gasteiger partial charge in [0.2, 0.25) is 0 Å². The third kappa shape index (κ3) is 3.63. The molecule has 0 bridgehead atoms. The van der Waals surface area contributed by atoms with Gasteiger partial charge in [0.15, 0.2) is 5.78 Å². The molecule has 0 unspecified atom stereocenters. The molecule has 0 aromatic heterocycles. The summed E-state index contributed by atoms with van der Waals surface area (Å²) in [6.45, 7) is 2.85. The van der Waals surface area contributed by atoms with Crippen molar-refractivity contribution in [2.75, 3.05) is 18.1 Å². The van der Waals surface area contributed by atoms with Crippen molar-refractivity contribution in [1.29, 1.82) is 0 Å². The Balaban J connectivity index is 1.52. The molecular formula is C27H25NO3. The highest BCUT2D eigenvalue weighted by Gasteiger charge is 2.28. The number of Topliss-reactive ketones (excluding diaryl/α,β-unsaturated/α-hetero) is 1. The molecule has 0 saturated carbocycles. The van der Waals surface area contributed by atoms with E-state index in [0.29, 0.717) is 25.1 Å². The van der Waals surface area contributed by atoms with E-state index in [1.165, 1.54) is 22.3 Å². The molecule has 0 atom stereocenters. The average molecular weight is 412 g/mol. The first kappa shape index (κ1) is 19.6. The second-order valence-corrected chi connectivity index (χ2v) is 8.34. The van der Waals surface area contributed by atoms with E-state index < -0.39 is 0 Å². The van der Waals surface area contributed by atoms with Crippen molar-refractivity contribution in [2.24, 2.45) is 0 Å². The Morgan fingerprint density at radius 1 is 0.968 bits per heavy atom. The lowest BCUT2D eigenvalue weighted by Crippen LogP contribution is -2.23. The van der Waals surface area contributed by atoms with Gasteiger partial charge in [-0.1, -0.05) is 54.6 Å². The minimum absolute atomic E-state index is 0.0298. The summed E-state index contributed by atoms with van der Waals surface area (Å²) in [5.41, 5.74) is 7.46. The topological polar surface area (TPSA) is 46.6 Å². The molecule has 1 saturated heterocycles. The van der Waals surface area contributed by atoms with E-state index >= 15 is 0 Å². The van der Waals surface area contributed by atoms with Crippen LogP contribution in [0.4, 0.5) is 10.5 Å². The van der Waals surface area contributed by atoms with Crippen LogP contribution in [-0.2, 0) is 17.6 Å². The summed E-state index contributed by atoms with van der Waals surface area (Å²) >= 11 is 0. The molecule has 1 aliphatic carbocycles. The van der Waals surface area contributed by atoms with Gasteiger partial charge in [0.1, 0.15) is 6.61 Å². The summed E-state index contributed by atoms with van der Waals surface area (Å²) in [6, 6.07) is 22.6. The number of hydrogen-bond acceptors (Lipinski definition) is 3. The SMILES string of the molecule is Cc1ccc(N2CCOC2=O)cc1C(=O)CC1c2ccccc2CCc2ccccc21. The zero-order chi connectivity index (χ0) is 21.4. The van der Waals surface area contributed by atoms with Crippen molar-refractivity contribution in [3.63, 3.8) is 0 Å². The maximum atomic E-state index is 13.6. The maximum Gasteiger partial charge on any atom is 0.414 e. The predicted molar refractivity (Wildman–Crippen MR) is 121 cm³/mol. The van der Waals surface area contributed by atoms with Crippen LogP contribution in [0.1, 0.15) is 50.5 Å². The zero-order valence-corrected chi connectivity index (χ0v) is 17.6. The third-order valence-corrected chi connectivity index (χ3v) is 6.51. The van der Waals surface area contributed by atoms with E-state index in [1.54, 1.807) is 4.90 Å². The van der Waals surface area contributed by atoms with Crippen LogP contribution in [0, 0.1) is 6.92 Å². The van der Waals surface area contributed by atoms with Crippen LogP contribution in [0.3, 0.4) is 0 Å². The number of anilines is 1. The summed E-state index contributed by atoms with van der Waals surface area (Å²) in [7, 11) is 0. The maximum absolute atomic E-state index is 13.6. The number of carbonyl (C=O) groups is 2. The molecule has 156 valence electrons. The van der Waals surface area contributed by atoms with Crippen molar-refractivity contribution in [3.05, 3.63) is 100 Å². The predicted octanol–water partition coefficient (Wildman–Crippen LogP) is 5.46. The van der Waals surface area contributed by atoms with E-state index in [9.17, 15) is 9.59 Å². The Bertz CT molecular complexity index is 1120. The van der Waals surface area contributed by atoms with Crippen LogP contribution >= 0.6 is 0 Å². The normalized spacial score (nSPS) is 15.8. The lowest BCUT2D eigenvalue weighted by molar-refractivity contribution is 0.0977. The van der Waals surface area contributed by atoms with E-state index in [4.69, 9.17) is 4.74 Å². The molecule has 0 radical (unpaired) electrons. The summed E-state index contributed by atoms with van der Waals surface area (Å²) < 4.78 is 5.07. The fourth-order valence-corrected chi connectivity index (χ4v) is 4.86. The summed E-state index contributed by atoms with van der Waals surface area (Å²) in [5.74, 6) is 0.130. The molecule has 1 aliphatic heterocycles. The average Bonchev–Trinajstić information content (AvgIpc) is 3.15. The number of ether oxygens (including phenoxy) is 1. The molecule has 4 nitrogen and oxygen atoms in total. The van der Waals surface area contributed by atoms with Gasteiger partial charge in [-0.05, 0) is 59.7 Å². The number of nitrogens with zero attached hydrogens (tertiary/aromatic N) is 1. The highest BCUT2D eigenvalue weighted by Crippen LogP contribution is 2.37. The monoisotopic (exact) mass is 411 g/mol. The Morgan fingerprint density at radius 3 is 2.23 bits per heavy atom. The number of hydrogen-bond donors (Lipinski definition) is 0. The Morgan fingerprint density at radius 2 is 1.61 bits per heavy atom. The molecule has 1 heterocycles. The Hall–Kier alpha value is -3.40. The number of cyclic esters (lactones) is 1. The number of ketones is 1. The molecule has 0 N–H and O–H groups in total. The van der Waals surface area contributed by atoms with E-state index in [0.717, 1.165) is 24.1 Å². The van der Waals surface area contributed by atoms with Gasteiger partial charge >= 0.3 is 6.09 Å². The third-order valence-electron chi connectivity index (χ3n) is 6.51.